The molecule has 0 unspecified atom stereocenters. The van der Waals surface area contributed by atoms with Gasteiger partial charge in [-0.1, -0.05) is 17.7 Å². The summed E-state index contributed by atoms with van der Waals surface area (Å²) >= 11 is 0. The number of piperidine rings is 1. The first-order valence-electron chi connectivity index (χ1n) is 13.5. The average Bonchev–Trinajstić information content (AvgIpc) is 3.63. The second-order valence-electron chi connectivity index (χ2n) is 10.9. The first kappa shape index (κ1) is 23.4. The Morgan fingerprint density at radius 2 is 1.79 bits per heavy atom. The Balaban J connectivity index is 1.17. The molecule has 4 aromatic rings. The highest BCUT2D eigenvalue weighted by molar-refractivity contribution is 5.72. The van der Waals surface area contributed by atoms with Gasteiger partial charge in [-0.2, -0.15) is 0 Å². The summed E-state index contributed by atoms with van der Waals surface area (Å²) in [5, 5.41) is 9.86. The third-order valence-corrected chi connectivity index (χ3v) is 8.36. The van der Waals surface area contributed by atoms with Crippen molar-refractivity contribution < 1.29 is 9.50 Å². The van der Waals surface area contributed by atoms with Crippen molar-refractivity contribution in [3.05, 3.63) is 89.6 Å². The number of aromatic nitrogens is 3. The maximum atomic E-state index is 13.5. The maximum Gasteiger partial charge on any atom is 0.161 e. The van der Waals surface area contributed by atoms with Crippen molar-refractivity contribution in [2.75, 3.05) is 37.6 Å². The van der Waals surface area contributed by atoms with Gasteiger partial charge in [-0.05, 0) is 72.9 Å². The largest absolute Gasteiger partial charge is 0.393 e. The van der Waals surface area contributed by atoms with Crippen LogP contribution in [0.4, 0.5) is 10.1 Å². The summed E-state index contributed by atoms with van der Waals surface area (Å²) in [5.41, 5.74) is 9.71. The lowest BCUT2D eigenvalue weighted by Gasteiger charge is -2.30. The molecule has 7 heteroatoms. The summed E-state index contributed by atoms with van der Waals surface area (Å²) in [4.78, 5) is 9.66. The van der Waals surface area contributed by atoms with Crippen molar-refractivity contribution in [2.45, 2.75) is 32.4 Å². The van der Waals surface area contributed by atoms with Gasteiger partial charge in [0.15, 0.2) is 5.82 Å². The fourth-order valence-corrected chi connectivity index (χ4v) is 6.16. The fourth-order valence-electron chi connectivity index (χ4n) is 6.16. The zero-order chi connectivity index (χ0) is 25.8. The van der Waals surface area contributed by atoms with Crippen LogP contribution in [0.2, 0.25) is 0 Å². The molecule has 0 atom stereocenters. The third kappa shape index (κ3) is 4.16. The number of aliphatic hydroxyl groups excluding tert-OH is 1. The van der Waals surface area contributed by atoms with Gasteiger partial charge in [-0.25, -0.2) is 9.37 Å². The molecule has 6 nitrogen and oxygen atoms in total. The van der Waals surface area contributed by atoms with Crippen LogP contribution in [0.5, 0.6) is 0 Å². The number of aliphatic hydroxyl groups is 1. The molecule has 7 rings (SSSR count). The van der Waals surface area contributed by atoms with E-state index in [1.54, 1.807) is 0 Å². The molecule has 5 heterocycles. The van der Waals surface area contributed by atoms with Gasteiger partial charge in [-0.3, -0.25) is 9.47 Å². The van der Waals surface area contributed by atoms with E-state index in [9.17, 15) is 9.50 Å². The smallest absolute Gasteiger partial charge is 0.161 e. The van der Waals surface area contributed by atoms with Gasteiger partial charge in [0.25, 0.3) is 0 Å². The van der Waals surface area contributed by atoms with Gasteiger partial charge < -0.3 is 14.6 Å². The van der Waals surface area contributed by atoms with E-state index in [0.29, 0.717) is 0 Å². The summed E-state index contributed by atoms with van der Waals surface area (Å²) < 4.78 is 18.0. The molecule has 0 aliphatic carbocycles. The van der Waals surface area contributed by atoms with E-state index in [-0.39, 0.29) is 11.9 Å². The predicted octanol–water partition coefficient (Wildman–Crippen LogP) is 5.10. The molecule has 3 aliphatic rings. The number of rotatable bonds is 4. The van der Waals surface area contributed by atoms with Crippen LogP contribution in [0.3, 0.4) is 0 Å². The van der Waals surface area contributed by atoms with Crippen molar-refractivity contribution in [3.63, 3.8) is 0 Å². The first-order valence-corrected chi connectivity index (χ1v) is 13.5. The van der Waals surface area contributed by atoms with Gasteiger partial charge in [0.05, 0.1) is 17.5 Å². The van der Waals surface area contributed by atoms with Crippen LogP contribution in [0.1, 0.15) is 25.3 Å². The number of fused-ring (bicyclic) bond motifs is 5. The molecule has 0 saturated carbocycles. The average molecular weight is 510 g/mol. The number of anilines is 1. The van der Waals surface area contributed by atoms with Gasteiger partial charge in [0.1, 0.15) is 5.82 Å². The Labute approximate surface area is 222 Å². The first-order chi connectivity index (χ1) is 18.5. The number of benzene rings is 2. The van der Waals surface area contributed by atoms with Crippen molar-refractivity contribution in [1.82, 2.24) is 19.0 Å². The van der Waals surface area contributed by atoms with Crippen molar-refractivity contribution in [1.29, 1.82) is 0 Å². The zero-order valence-electron chi connectivity index (χ0n) is 21.6. The quantitative estimate of drug-likeness (QED) is 0.343. The van der Waals surface area contributed by atoms with Gasteiger partial charge in [0, 0.05) is 69.1 Å². The summed E-state index contributed by atoms with van der Waals surface area (Å²) in [6.07, 6.45) is 7.65. The molecule has 1 N–H and O–H groups in total. The fraction of sp³-hybridized carbons (Fsp3) is 0.323. The third-order valence-electron chi connectivity index (χ3n) is 8.36. The Morgan fingerprint density at radius 1 is 0.974 bits per heavy atom. The number of hydrogen-bond donors (Lipinski definition) is 1. The molecule has 2 aromatic heterocycles. The highest BCUT2D eigenvalue weighted by atomic mass is 19.1. The molecular weight excluding hydrogens is 477 g/mol. The lowest BCUT2D eigenvalue weighted by Crippen LogP contribution is -2.37. The van der Waals surface area contributed by atoms with Crippen molar-refractivity contribution in [2.24, 2.45) is 0 Å². The van der Waals surface area contributed by atoms with Gasteiger partial charge in [0.2, 0.25) is 0 Å². The second kappa shape index (κ2) is 9.26. The van der Waals surface area contributed by atoms with Gasteiger partial charge >= 0.3 is 0 Å². The van der Waals surface area contributed by atoms with E-state index in [1.807, 2.05) is 24.5 Å². The summed E-state index contributed by atoms with van der Waals surface area (Å²) in [7, 11) is 0. The molecule has 0 radical (unpaired) electrons. The lowest BCUT2D eigenvalue weighted by atomic mass is 10.1. The number of nitrogens with zero attached hydrogens (tertiary/aromatic N) is 5. The SMILES string of the molecule is CC1=C(CN2CCC(O)CC2)CN(c2ccc3c(c2)Cn2cc(-c4ccc(F)cc4)cc2-c2nccn2-3)C1. The molecule has 1 saturated heterocycles. The number of hydrogen-bond acceptors (Lipinski definition) is 4. The molecule has 0 spiro atoms. The van der Waals surface area contributed by atoms with E-state index in [0.717, 1.165) is 80.4 Å². The number of likely N-dealkylation sites (tertiary alicyclic amines) is 1. The molecule has 0 bridgehead atoms. The monoisotopic (exact) mass is 509 g/mol. The Kier molecular flexibility index (Phi) is 5.71. The lowest BCUT2D eigenvalue weighted by molar-refractivity contribution is 0.0868. The Bertz CT molecular complexity index is 1520. The van der Waals surface area contributed by atoms with Crippen LogP contribution in [0.15, 0.2) is 78.3 Å². The summed E-state index contributed by atoms with van der Waals surface area (Å²) in [6.45, 7) is 7.85. The Morgan fingerprint density at radius 3 is 2.61 bits per heavy atom. The minimum atomic E-state index is -0.226. The highest BCUT2D eigenvalue weighted by Gasteiger charge is 2.26. The van der Waals surface area contributed by atoms with E-state index in [2.05, 4.69) is 56.3 Å². The second-order valence-corrected chi connectivity index (χ2v) is 10.9. The molecular formula is C31H32FN5O. The Hall–Kier alpha value is -3.68. The normalized spacial score (nSPS) is 17.9. The topological polar surface area (TPSA) is 49.5 Å². The van der Waals surface area contributed by atoms with Crippen LogP contribution in [-0.4, -0.2) is 63.0 Å². The molecule has 194 valence electrons. The van der Waals surface area contributed by atoms with Crippen LogP contribution in [0, 0.1) is 5.82 Å². The molecule has 3 aliphatic heterocycles. The summed E-state index contributed by atoms with van der Waals surface area (Å²) in [6, 6.07) is 15.6. The van der Waals surface area contributed by atoms with Crippen LogP contribution >= 0.6 is 0 Å². The van der Waals surface area contributed by atoms with Crippen LogP contribution in [-0.2, 0) is 6.54 Å². The zero-order valence-corrected chi connectivity index (χ0v) is 21.6. The van der Waals surface area contributed by atoms with Crippen molar-refractivity contribution >= 4 is 5.69 Å². The van der Waals surface area contributed by atoms with E-state index >= 15 is 0 Å². The molecule has 38 heavy (non-hydrogen) atoms. The van der Waals surface area contributed by atoms with Crippen LogP contribution < -0.4 is 4.90 Å². The van der Waals surface area contributed by atoms with Crippen molar-refractivity contribution in [3.8, 4) is 28.3 Å². The molecule has 0 amide bonds. The molecule has 2 aromatic carbocycles. The van der Waals surface area contributed by atoms with E-state index in [1.165, 1.54) is 34.5 Å². The number of halogens is 1. The highest BCUT2D eigenvalue weighted by Crippen LogP contribution is 2.36. The predicted molar refractivity (Wildman–Crippen MR) is 148 cm³/mol. The molecule has 1 fully saturated rings. The van der Waals surface area contributed by atoms with Crippen LogP contribution in [0.25, 0.3) is 28.3 Å². The number of imidazole rings is 1. The maximum absolute atomic E-state index is 13.5. The van der Waals surface area contributed by atoms with E-state index < -0.39 is 0 Å². The summed E-state index contributed by atoms with van der Waals surface area (Å²) in [5.74, 6) is 0.688. The minimum Gasteiger partial charge on any atom is -0.393 e. The van der Waals surface area contributed by atoms with Gasteiger partial charge in [-0.15, -0.1) is 0 Å². The standard InChI is InChI=1S/C31H32FN5O/c1-21-16-35(20-25(21)17-34-11-8-28(38)9-12-34)27-6-7-29-24(14-27)19-36-18-23(22-2-4-26(32)5-3-22)15-30(36)31-33-10-13-37(29)31/h2-7,10,13-15,18,28,38H,8-9,11-12,16-17,19-20H2,1H3. The minimum absolute atomic E-state index is 0.135. The van der Waals surface area contributed by atoms with E-state index in [4.69, 9.17) is 4.98 Å².